The first kappa shape index (κ1) is 15.7. The Balaban J connectivity index is 0. The van der Waals surface area contributed by atoms with Crippen LogP contribution in [-0.4, -0.2) is 27.3 Å². The van der Waals surface area contributed by atoms with Crippen LogP contribution in [0.1, 0.15) is 26.7 Å². The first-order valence-corrected chi connectivity index (χ1v) is 4.34. The van der Waals surface area contributed by atoms with Crippen molar-refractivity contribution in [3.05, 3.63) is 24.0 Å². The molecule has 0 heterocycles. The maximum Gasteiger partial charge on any atom is 0.370 e. The van der Waals surface area contributed by atoms with Crippen LogP contribution in [0.3, 0.4) is 0 Å². The van der Waals surface area contributed by atoms with Crippen LogP contribution in [-0.2, 0) is 9.59 Å². The summed E-state index contributed by atoms with van der Waals surface area (Å²) in [5, 5.41) is 24.5. The Hall–Kier alpha value is -1.78. The average molecular weight is 216 g/mol. The second kappa shape index (κ2) is 8.80. The molecule has 5 heteroatoms. The van der Waals surface area contributed by atoms with E-state index in [1.807, 2.05) is 6.92 Å². The molecule has 0 unspecified atom stereocenters. The van der Waals surface area contributed by atoms with Crippen LogP contribution in [0.5, 0.6) is 0 Å². The van der Waals surface area contributed by atoms with Gasteiger partial charge in [-0.3, -0.25) is 0 Å². The van der Waals surface area contributed by atoms with E-state index in [2.05, 4.69) is 6.58 Å². The summed E-state index contributed by atoms with van der Waals surface area (Å²) in [6, 6.07) is 0. The zero-order chi connectivity index (χ0) is 12.4. The molecule has 0 rings (SSSR count). The van der Waals surface area contributed by atoms with Crippen LogP contribution >= 0.6 is 0 Å². The van der Waals surface area contributed by atoms with Gasteiger partial charge < -0.3 is 15.3 Å². The van der Waals surface area contributed by atoms with Gasteiger partial charge in [-0.1, -0.05) is 19.9 Å². The molecular formula is C10H16O5. The minimum absolute atomic E-state index is 0.176. The van der Waals surface area contributed by atoms with Crippen molar-refractivity contribution in [2.75, 3.05) is 0 Å². The van der Waals surface area contributed by atoms with E-state index in [1.165, 1.54) is 13.0 Å². The maximum absolute atomic E-state index is 9.89. The lowest BCUT2D eigenvalue weighted by Gasteiger charge is -1.88. The smallest absolute Gasteiger partial charge is 0.370 e. The van der Waals surface area contributed by atoms with Gasteiger partial charge in [-0.15, -0.1) is 0 Å². The molecule has 0 spiro atoms. The summed E-state index contributed by atoms with van der Waals surface area (Å²) < 4.78 is 0. The van der Waals surface area contributed by atoms with E-state index in [1.54, 1.807) is 0 Å². The van der Waals surface area contributed by atoms with Crippen LogP contribution in [0.25, 0.3) is 0 Å². The van der Waals surface area contributed by atoms with Gasteiger partial charge in [0.2, 0.25) is 0 Å². The zero-order valence-electron chi connectivity index (χ0n) is 8.86. The molecule has 0 aliphatic heterocycles. The van der Waals surface area contributed by atoms with Crippen LogP contribution in [0, 0.1) is 0 Å². The summed E-state index contributed by atoms with van der Waals surface area (Å²) >= 11 is 0. The second-order valence-corrected chi connectivity index (χ2v) is 2.77. The maximum atomic E-state index is 9.89. The summed E-state index contributed by atoms with van der Waals surface area (Å²) in [6.07, 6.45) is 2.75. The molecule has 0 atom stereocenters. The monoisotopic (exact) mass is 216 g/mol. The Morgan fingerprint density at radius 1 is 1.20 bits per heavy atom. The van der Waals surface area contributed by atoms with E-state index >= 15 is 0 Å². The number of carboxylic acids is 2. The number of hydrogen-bond acceptors (Lipinski definition) is 3. The van der Waals surface area contributed by atoms with Crippen LogP contribution in [0.4, 0.5) is 0 Å². The van der Waals surface area contributed by atoms with E-state index in [0.717, 1.165) is 6.42 Å². The van der Waals surface area contributed by atoms with Crippen molar-refractivity contribution in [2.45, 2.75) is 26.7 Å². The Morgan fingerprint density at radius 3 is 1.80 bits per heavy atom. The van der Waals surface area contributed by atoms with Crippen molar-refractivity contribution in [3.8, 4) is 0 Å². The molecule has 0 amide bonds. The van der Waals surface area contributed by atoms with E-state index in [0.29, 0.717) is 6.42 Å². The largest absolute Gasteiger partial charge is 0.502 e. The van der Waals surface area contributed by atoms with Gasteiger partial charge in [-0.25, -0.2) is 9.59 Å². The van der Waals surface area contributed by atoms with Gasteiger partial charge in [0.05, 0.1) is 0 Å². The zero-order valence-corrected chi connectivity index (χ0v) is 8.86. The van der Waals surface area contributed by atoms with E-state index in [-0.39, 0.29) is 5.57 Å². The fourth-order valence-corrected chi connectivity index (χ4v) is 0.368. The van der Waals surface area contributed by atoms with Crippen LogP contribution < -0.4 is 0 Å². The minimum atomic E-state index is -1.26. The summed E-state index contributed by atoms with van der Waals surface area (Å²) in [5.41, 5.74) is 0.176. The normalized spacial score (nSPS) is 9.87. The van der Waals surface area contributed by atoms with E-state index in [9.17, 15) is 9.59 Å². The quantitative estimate of drug-likeness (QED) is 0.493. The molecule has 0 aromatic carbocycles. The van der Waals surface area contributed by atoms with Crippen molar-refractivity contribution in [1.82, 2.24) is 0 Å². The third-order valence-corrected chi connectivity index (χ3v) is 1.21. The Morgan fingerprint density at radius 2 is 1.60 bits per heavy atom. The summed E-state index contributed by atoms with van der Waals surface area (Å²) in [5.74, 6) is -2.75. The second-order valence-electron chi connectivity index (χ2n) is 2.77. The van der Waals surface area contributed by atoms with Crippen molar-refractivity contribution >= 4 is 11.9 Å². The minimum Gasteiger partial charge on any atom is -0.502 e. The fourth-order valence-electron chi connectivity index (χ4n) is 0.368. The lowest BCUT2D eigenvalue weighted by Crippen LogP contribution is -1.98. The Labute approximate surface area is 88.4 Å². The predicted molar refractivity (Wildman–Crippen MR) is 55.7 cm³/mol. The summed E-state index contributed by atoms with van der Waals surface area (Å²) in [6.45, 7) is 6.51. The Bertz CT molecular complexity index is 253. The van der Waals surface area contributed by atoms with Crippen molar-refractivity contribution in [3.63, 3.8) is 0 Å². The van der Waals surface area contributed by atoms with Gasteiger partial charge in [0, 0.05) is 5.57 Å². The third-order valence-electron chi connectivity index (χ3n) is 1.21. The SMILES string of the molecule is C=C(C)C(=O)O.CCC/C=C(\O)C(=O)O. The van der Waals surface area contributed by atoms with Crippen molar-refractivity contribution < 1.29 is 24.9 Å². The highest BCUT2D eigenvalue weighted by Gasteiger charge is 1.99. The average Bonchev–Trinajstić information content (AvgIpc) is 2.14. The summed E-state index contributed by atoms with van der Waals surface area (Å²) in [4.78, 5) is 19.5. The molecule has 86 valence electrons. The van der Waals surface area contributed by atoms with Crippen molar-refractivity contribution in [1.29, 1.82) is 0 Å². The van der Waals surface area contributed by atoms with E-state index in [4.69, 9.17) is 15.3 Å². The van der Waals surface area contributed by atoms with Gasteiger partial charge in [0.1, 0.15) is 0 Å². The van der Waals surface area contributed by atoms with E-state index < -0.39 is 17.7 Å². The number of allylic oxidation sites excluding steroid dienone is 1. The number of unbranched alkanes of at least 4 members (excludes halogenated alkanes) is 1. The predicted octanol–water partition coefficient (Wildman–Crippen LogP) is 1.96. The van der Waals surface area contributed by atoms with Crippen LogP contribution in [0.2, 0.25) is 0 Å². The number of hydrogen-bond donors (Lipinski definition) is 3. The van der Waals surface area contributed by atoms with Gasteiger partial charge in [-0.05, 0) is 19.4 Å². The molecule has 0 saturated heterocycles. The molecule has 0 aliphatic rings. The molecule has 15 heavy (non-hydrogen) atoms. The highest BCUT2D eigenvalue weighted by molar-refractivity contribution is 5.84. The van der Waals surface area contributed by atoms with Gasteiger partial charge in [0.15, 0.2) is 5.76 Å². The topological polar surface area (TPSA) is 94.8 Å². The molecule has 0 saturated carbocycles. The molecule has 0 aliphatic carbocycles. The lowest BCUT2D eigenvalue weighted by atomic mass is 10.3. The highest BCUT2D eigenvalue weighted by atomic mass is 16.4. The number of carboxylic acid groups (broad SMARTS) is 2. The standard InChI is InChI=1S/C6H10O3.C4H6O2/c1-2-3-4-5(7)6(8)9;1-3(2)4(5)6/h4,7H,2-3H2,1H3,(H,8,9);1H2,2H3,(H,5,6)/b5-4-;. The van der Waals surface area contributed by atoms with Gasteiger partial charge >= 0.3 is 11.9 Å². The molecule has 5 nitrogen and oxygen atoms in total. The number of aliphatic carboxylic acids is 2. The van der Waals surface area contributed by atoms with Crippen LogP contribution in [0.15, 0.2) is 24.0 Å². The lowest BCUT2D eigenvalue weighted by molar-refractivity contribution is -0.135. The van der Waals surface area contributed by atoms with Gasteiger partial charge in [-0.2, -0.15) is 0 Å². The fraction of sp³-hybridized carbons (Fsp3) is 0.400. The number of carbonyl (C=O) groups is 2. The molecule has 3 N–H and O–H groups in total. The molecule has 0 aromatic heterocycles. The molecular weight excluding hydrogens is 200 g/mol. The van der Waals surface area contributed by atoms with Gasteiger partial charge in [0.25, 0.3) is 0 Å². The number of aliphatic hydroxyl groups excluding tert-OH is 1. The Kier molecular flexibility index (Phi) is 9.20. The molecule has 0 radical (unpaired) electrons. The third kappa shape index (κ3) is 12.2. The first-order chi connectivity index (χ1) is 6.82. The number of rotatable bonds is 4. The molecule has 0 fully saturated rings. The summed E-state index contributed by atoms with van der Waals surface area (Å²) in [7, 11) is 0. The van der Waals surface area contributed by atoms with Crippen molar-refractivity contribution in [2.24, 2.45) is 0 Å². The highest BCUT2D eigenvalue weighted by Crippen LogP contribution is 1.94. The number of aliphatic hydroxyl groups is 1. The molecule has 0 bridgehead atoms. The molecule has 0 aromatic rings. The first-order valence-electron chi connectivity index (χ1n) is 4.34.